The van der Waals surface area contributed by atoms with Gasteiger partial charge in [0.25, 0.3) is 0 Å². The van der Waals surface area contributed by atoms with Crippen LogP contribution in [0.15, 0.2) is 29.2 Å². The summed E-state index contributed by atoms with van der Waals surface area (Å²) in [6, 6.07) is 7.73. The molecule has 0 bridgehead atoms. The van der Waals surface area contributed by atoms with Crippen LogP contribution in [0, 0.1) is 11.3 Å². The third kappa shape index (κ3) is 5.11. The van der Waals surface area contributed by atoms with Gasteiger partial charge in [0.1, 0.15) is 0 Å². The van der Waals surface area contributed by atoms with Gasteiger partial charge in [0.15, 0.2) is 9.84 Å². The molecular weight excluding hydrogens is 284 g/mol. The van der Waals surface area contributed by atoms with Crippen molar-refractivity contribution in [2.75, 3.05) is 23.8 Å². The lowest BCUT2D eigenvalue weighted by atomic mass is 10.2. The summed E-state index contributed by atoms with van der Waals surface area (Å²) in [5.74, 6) is 0.336. The maximum absolute atomic E-state index is 12.0. The first-order chi connectivity index (χ1) is 8.99. The highest BCUT2D eigenvalue weighted by atomic mass is 32.2. The summed E-state index contributed by atoms with van der Waals surface area (Å²) < 4.78 is 35.6. The lowest BCUT2D eigenvalue weighted by Gasteiger charge is -2.05. The second-order valence-electron chi connectivity index (χ2n) is 3.95. The monoisotopic (exact) mass is 300 g/mol. The first-order valence-electron chi connectivity index (χ1n) is 5.77. The quantitative estimate of drug-likeness (QED) is 0.787. The molecule has 19 heavy (non-hydrogen) atoms. The normalized spacial score (nSPS) is 12.8. The molecule has 1 atom stereocenters. The lowest BCUT2D eigenvalue weighted by molar-refractivity contribution is 0.597. The van der Waals surface area contributed by atoms with E-state index >= 15 is 0 Å². The van der Waals surface area contributed by atoms with Gasteiger partial charge in [-0.1, -0.05) is 6.07 Å². The Labute approximate surface area is 115 Å². The van der Waals surface area contributed by atoms with Crippen molar-refractivity contribution < 1.29 is 12.6 Å². The van der Waals surface area contributed by atoms with Crippen molar-refractivity contribution in [2.24, 2.45) is 5.73 Å². The average molecular weight is 300 g/mol. The van der Waals surface area contributed by atoms with Crippen LogP contribution in [0.3, 0.4) is 0 Å². The molecule has 0 saturated heterocycles. The van der Waals surface area contributed by atoms with E-state index in [0.29, 0.717) is 24.3 Å². The Balaban J connectivity index is 2.71. The number of sulfone groups is 1. The molecule has 2 N–H and O–H groups in total. The predicted molar refractivity (Wildman–Crippen MR) is 74.8 cm³/mol. The number of nitrogens with two attached hydrogens (primary N) is 1. The molecule has 1 unspecified atom stereocenters. The fraction of sp³-hybridized carbons (Fsp3) is 0.417. The minimum absolute atomic E-state index is 0.0963. The summed E-state index contributed by atoms with van der Waals surface area (Å²) in [5.41, 5.74) is 5.60. The summed E-state index contributed by atoms with van der Waals surface area (Å²) in [4.78, 5) is 0.0994. The first-order valence-corrected chi connectivity index (χ1v) is 8.91. The Morgan fingerprint density at radius 3 is 2.68 bits per heavy atom. The van der Waals surface area contributed by atoms with Crippen LogP contribution < -0.4 is 5.73 Å². The van der Waals surface area contributed by atoms with Crippen molar-refractivity contribution in [1.29, 1.82) is 5.26 Å². The van der Waals surface area contributed by atoms with Crippen LogP contribution >= 0.6 is 0 Å². The Morgan fingerprint density at radius 2 is 2.05 bits per heavy atom. The van der Waals surface area contributed by atoms with Crippen molar-refractivity contribution in [3.05, 3.63) is 29.8 Å². The molecule has 0 spiro atoms. The molecule has 0 fully saturated rings. The number of benzene rings is 1. The second-order valence-corrected chi connectivity index (χ2v) is 7.75. The molecular formula is C12H16N2O3S2. The Morgan fingerprint density at radius 1 is 1.32 bits per heavy atom. The molecule has 0 amide bonds. The summed E-state index contributed by atoms with van der Waals surface area (Å²) in [6.45, 7) is 0.447. The van der Waals surface area contributed by atoms with Gasteiger partial charge in [-0.15, -0.1) is 0 Å². The summed E-state index contributed by atoms with van der Waals surface area (Å²) in [7, 11) is -4.66. The van der Waals surface area contributed by atoms with Crippen LogP contribution in [0.5, 0.6) is 0 Å². The largest absolute Gasteiger partial charge is 0.330 e. The molecule has 0 aliphatic heterocycles. The van der Waals surface area contributed by atoms with E-state index in [1.807, 2.05) is 6.07 Å². The number of hydrogen-bond acceptors (Lipinski definition) is 5. The number of hydrogen-bond donors (Lipinski definition) is 1. The van der Waals surface area contributed by atoms with E-state index in [2.05, 4.69) is 0 Å². The molecule has 0 aromatic heterocycles. The van der Waals surface area contributed by atoms with E-state index in [1.54, 1.807) is 6.07 Å². The van der Waals surface area contributed by atoms with Gasteiger partial charge in [-0.25, -0.2) is 8.42 Å². The van der Waals surface area contributed by atoms with Crippen LogP contribution in [-0.4, -0.2) is 36.4 Å². The van der Waals surface area contributed by atoms with Gasteiger partial charge in [-0.2, -0.15) is 5.26 Å². The van der Waals surface area contributed by atoms with Gasteiger partial charge in [-0.05, 0) is 31.2 Å². The van der Waals surface area contributed by atoms with Gasteiger partial charge < -0.3 is 5.73 Å². The molecule has 0 heterocycles. The fourth-order valence-corrected chi connectivity index (χ4v) is 4.57. The maximum Gasteiger partial charge on any atom is 0.179 e. The van der Waals surface area contributed by atoms with E-state index in [0.717, 1.165) is 0 Å². The smallest absolute Gasteiger partial charge is 0.179 e. The first kappa shape index (κ1) is 15.8. The van der Waals surface area contributed by atoms with Crippen LogP contribution in [0.2, 0.25) is 0 Å². The SMILES string of the molecule is N#Cc1cccc(S(=O)(=O)CCS(=O)CCCN)c1. The topological polar surface area (TPSA) is 101 Å². The summed E-state index contributed by atoms with van der Waals surface area (Å²) >= 11 is 0. The molecule has 5 nitrogen and oxygen atoms in total. The second kappa shape index (κ2) is 7.38. The predicted octanol–water partition coefficient (Wildman–Crippen LogP) is 0.429. The lowest BCUT2D eigenvalue weighted by Crippen LogP contribution is -2.16. The Bertz CT molecular complexity index is 591. The third-order valence-corrected chi connectivity index (χ3v) is 5.85. The summed E-state index contributed by atoms with van der Waals surface area (Å²) in [6.07, 6.45) is 0.622. The zero-order valence-corrected chi connectivity index (χ0v) is 12.0. The van der Waals surface area contributed by atoms with Crippen molar-refractivity contribution in [3.8, 4) is 6.07 Å². The van der Waals surface area contributed by atoms with E-state index < -0.39 is 20.6 Å². The van der Waals surface area contributed by atoms with E-state index in [1.165, 1.54) is 18.2 Å². The van der Waals surface area contributed by atoms with E-state index in [9.17, 15) is 12.6 Å². The molecule has 0 aliphatic rings. The molecule has 104 valence electrons. The maximum atomic E-state index is 12.0. The Kier molecular flexibility index (Phi) is 6.15. The van der Waals surface area contributed by atoms with Crippen LogP contribution in [0.4, 0.5) is 0 Å². The number of rotatable bonds is 7. The van der Waals surface area contributed by atoms with Crippen LogP contribution in [-0.2, 0) is 20.6 Å². The minimum Gasteiger partial charge on any atom is -0.330 e. The molecule has 0 aliphatic carbocycles. The van der Waals surface area contributed by atoms with Gasteiger partial charge >= 0.3 is 0 Å². The number of nitrogens with zero attached hydrogens (tertiary/aromatic N) is 1. The molecule has 1 aromatic rings. The highest BCUT2D eigenvalue weighted by molar-refractivity contribution is 7.93. The molecule has 1 aromatic carbocycles. The highest BCUT2D eigenvalue weighted by Gasteiger charge is 2.16. The van der Waals surface area contributed by atoms with Crippen molar-refractivity contribution in [2.45, 2.75) is 11.3 Å². The van der Waals surface area contributed by atoms with Crippen molar-refractivity contribution in [3.63, 3.8) is 0 Å². The molecule has 0 saturated carbocycles. The Hall–Kier alpha value is -1.23. The zero-order chi connectivity index (χ0) is 14.3. The molecule has 0 radical (unpaired) electrons. The fourth-order valence-electron chi connectivity index (χ4n) is 1.43. The van der Waals surface area contributed by atoms with Gasteiger partial charge in [0.05, 0.1) is 22.3 Å². The zero-order valence-electron chi connectivity index (χ0n) is 10.4. The minimum atomic E-state index is -3.49. The van der Waals surface area contributed by atoms with Crippen LogP contribution in [0.25, 0.3) is 0 Å². The standard InChI is InChI=1S/C12H16N2O3S2/c13-5-2-6-18(15)7-8-19(16,17)12-4-1-3-11(9-12)10-14/h1,3-4,9H,2,5-8,13H2. The summed E-state index contributed by atoms with van der Waals surface area (Å²) in [5, 5.41) is 8.74. The van der Waals surface area contributed by atoms with E-state index in [-0.39, 0.29) is 16.4 Å². The molecule has 7 heteroatoms. The highest BCUT2D eigenvalue weighted by Crippen LogP contribution is 2.13. The average Bonchev–Trinajstić information content (AvgIpc) is 2.43. The van der Waals surface area contributed by atoms with Gasteiger partial charge in [0, 0.05) is 22.3 Å². The van der Waals surface area contributed by atoms with Gasteiger partial charge in [-0.3, -0.25) is 4.21 Å². The van der Waals surface area contributed by atoms with Crippen molar-refractivity contribution >= 4 is 20.6 Å². The number of nitriles is 1. The van der Waals surface area contributed by atoms with Crippen LogP contribution in [0.1, 0.15) is 12.0 Å². The molecule has 1 rings (SSSR count). The van der Waals surface area contributed by atoms with E-state index in [4.69, 9.17) is 11.0 Å². The van der Waals surface area contributed by atoms with Crippen molar-refractivity contribution in [1.82, 2.24) is 0 Å². The third-order valence-electron chi connectivity index (χ3n) is 2.48. The van der Waals surface area contributed by atoms with Gasteiger partial charge in [0.2, 0.25) is 0 Å².